The molecule has 27 heavy (non-hydrogen) atoms. The topological polar surface area (TPSA) is 61.4 Å². The van der Waals surface area contributed by atoms with E-state index < -0.39 is 5.97 Å². The molecule has 1 saturated carbocycles. The van der Waals surface area contributed by atoms with Crippen LogP contribution in [0.3, 0.4) is 0 Å². The molecule has 0 unspecified atom stereocenters. The third kappa shape index (κ3) is 3.58. The second kappa shape index (κ2) is 7.35. The lowest BCUT2D eigenvalue weighted by Gasteiger charge is -2.08. The zero-order valence-electron chi connectivity index (χ0n) is 15.6. The summed E-state index contributed by atoms with van der Waals surface area (Å²) in [6, 6.07) is 7.74. The number of carbonyl (C=O) groups excluding carboxylic acids is 1. The number of aryl methyl sites for hydroxylation is 1. The lowest BCUT2D eigenvalue weighted by atomic mass is 10.0. The minimum absolute atomic E-state index is 0.319. The highest BCUT2D eigenvalue weighted by Crippen LogP contribution is 2.34. The molecule has 3 aromatic rings. The molecule has 3 aromatic heterocycles. The normalized spacial score (nSPS) is 14.9. The Bertz CT molecular complexity index is 985. The zero-order valence-corrected chi connectivity index (χ0v) is 16.4. The van der Waals surface area contributed by atoms with Crippen LogP contribution in [0.5, 0.6) is 0 Å². The number of ether oxygens (including phenoxy) is 1. The number of esters is 1. The van der Waals surface area contributed by atoms with E-state index in [1.807, 2.05) is 23.6 Å². The minimum atomic E-state index is -0.404. The third-order valence-corrected chi connectivity index (χ3v) is 5.39. The number of aromatic nitrogens is 4. The summed E-state index contributed by atoms with van der Waals surface area (Å²) in [6.07, 6.45) is 4.95. The Labute approximate surface area is 163 Å². The maximum atomic E-state index is 11.9. The highest BCUT2D eigenvalue weighted by molar-refractivity contribution is 6.31. The summed E-state index contributed by atoms with van der Waals surface area (Å²) in [5.74, 6) is 0.136. The van der Waals surface area contributed by atoms with Crippen LogP contribution in [-0.2, 0) is 11.3 Å². The first-order chi connectivity index (χ1) is 13.0. The molecule has 6 nitrogen and oxygen atoms in total. The smallest absolute Gasteiger partial charge is 0.358 e. The van der Waals surface area contributed by atoms with Crippen LogP contribution in [0.2, 0.25) is 5.02 Å². The molecule has 1 aliphatic rings. The highest BCUT2D eigenvalue weighted by Gasteiger charge is 2.21. The van der Waals surface area contributed by atoms with E-state index in [9.17, 15) is 4.79 Å². The van der Waals surface area contributed by atoms with E-state index in [1.54, 1.807) is 17.7 Å². The fraction of sp³-hybridized carbons (Fsp3) is 0.450. The molecule has 0 atom stereocenters. The van der Waals surface area contributed by atoms with Gasteiger partial charge in [0.15, 0.2) is 5.69 Å². The lowest BCUT2D eigenvalue weighted by Crippen LogP contribution is -2.11. The van der Waals surface area contributed by atoms with E-state index >= 15 is 0 Å². The van der Waals surface area contributed by atoms with Gasteiger partial charge >= 0.3 is 5.97 Å². The first-order valence-electron chi connectivity index (χ1n) is 9.45. The molecule has 0 aromatic carbocycles. The average molecular weight is 387 g/mol. The average Bonchev–Trinajstić information content (AvgIpc) is 3.35. The second-order valence-corrected chi connectivity index (χ2v) is 7.54. The van der Waals surface area contributed by atoms with Crippen LogP contribution in [0.1, 0.15) is 66.1 Å². The van der Waals surface area contributed by atoms with Gasteiger partial charge in [0, 0.05) is 16.6 Å². The summed E-state index contributed by atoms with van der Waals surface area (Å²) in [5, 5.41) is 9.93. The van der Waals surface area contributed by atoms with Gasteiger partial charge in [-0.05, 0) is 51.0 Å². The molecule has 0 saturated heterocycles. The predicted octanol–water partition coefficient (Wildman–Crippen LogP) is 4.38. The van der Waals surface area contributed by atoms with Crippen LogP contribution in [0.15, 0.2) is 24.3 Å². The fourth-order valence-corrected chi connectivity index (χ4v) is 4.05. The van der Waals surface area contributed by atoms with Crippen molar-refractivity contribution in [2.45, 2.75) is 52.0 Å². The van der Waals surface area contributed by atoms with Gasteiger partial charge in [-0.3, -0.25) is 4.68 Å². The number of hydrogen-bond acceptors (Lipinski definition) is 4. The van der Waals surface area contributed by atoms with Gasteiger partial charge < -0.3 is 4.74 Å². The standard InChI is InChI=1S/C20H23ClN4O2/c1-3-27-20(26)19-8-13(2)24(22-19)12-17-10-15(21)9-16-11-18(23-25(16)17)14-6-4-5-7-14/h8-11,14H,3-7,12H2,1-2H3. The van der Waals surface area contributed by atoms with Gasteiger partial charge in [-0.25, -0.2) is 9.31 Å². The zero-order chi connectivity index (χ0) is 19.0. The molecule has 3 heterocycles. The van der Waals surface area contributed by atoms with E-state index in [1.165, 1.54) is 25.7 Å². The summed E-state index contributed by atoms with van der Waals surface area (Å²) < 4.78 is 8.78. The number of fused-ring (bicyclic) bond motifs is 1. The van der Waals surface area contributed by atoms with Crippen molar-refractivity contribution in [1.29, 1.82) is 0 Å². The lowest BCUT2D eigenvalue weighted by molar-refractivity contribution is 0.0518. The Morgan fingerprint density at radius 3 is 2.74 bits per heavy atom. The molecule has 0 N–H and O–H groups in total. The Morgan fingerprint density at radius 2 is 2.00 bits per heavy atom. The van der Waals surface area contributed by atoms with Crippen molar-refractivity contribution in [3.05, 3.63) is 52.1 Å². The van der Waals surface area contributed by atoms with Gasteiger partial charge in [-0.1, -0.05) is 24.4 Å². The number of carbonyl (C=O) groups is 1. The molecule has 7 heteroatoms. The molecular weight excluding hydrogens is 364 g/mol. The number of halogens is 1. The van der Waals surface area contributed by atoms with E-state index in [0.717, 1.165) is 22.6 Å². The van der Waals surface area contributed by atoms with E-state index in [0.29, 0.717) is 29.8 Å². The second-order valence-electron chi connectivity index (χ2n) is 7.10. The van der Waals surface area contributed by atoms with Crippen molar-refractivity contribution in [2.24, 2.45) is 0 Å². The van der Waals surface area contributed by atoms with Crippen LogP contribution >= 0.6 is 11.6 Å². The van der Waals surface area contributed by atoms with Crippen molar-refractivity contribution in [3.8, 4) is 0 Å². The largest absolute Gasteiger partial charge is 0.461 e. The number of pyridine rings is 1. The Morgan fingerprint density at radius 1 is 1.22 bits per heavy atom. The van der Waals surface area contributed by atoms with Gasteiger partial charge in [0.1, 0.15) is 0 Å². The maximum Gasteiger partial charge on any atom is 0.358 e. The van der Waals surface area contributed by atoms with E-state index in [2.05, 4.69) is 11.2 Å². The summed E-state index contributed by atoms with van der Waals surface area (Å²) in [6.45, 7) is 4.51. The SMILES string of the molecule is CCOC(=O)c1cc(C)n(Cc2cc(Cl)cc3cc(C4CCCC4)nn23)n1. The quantitative estimate of drug-likeness (QED) is 0.610. The molecule has 0 amide bonds. The minimum Gasteiger partial charge on any atom is -0.461 e. The van der Waals surface area contributed by atoms with Crippen LogP contribution in [0.4, 0.5) is 0 Å². The van der Waals surface area contributed by atoms with Crippen LogP contribution < -0.4 is 0 Å². The molecular formula is C20H23ClN4O2. The molecule has 1 aliphatic carbocycles. The molecule has 4 rings (SSSR count). The van der Waals surface area contributed by atoms with Crippen molar-refractivity contribution in [2.75, 3.05) is 6.61 Å². The van der Waals surface area contributed by atoms with Crippen molar-refractivity contribution in [1.82, 2.24) is 19.4 Å². The van der Waals surface area contributed by atoms with Crippen molar-refractivity contribution < 1.29 is 9.53 Å². The third-order valence-electron chi connectivity index (χ3n) is 5.17. The molecule has 0 spiro atoms. The summed E-state index contributed by atoms with van der Waals surface area (Å²) in [7, 11) is 0. The van der Waals surface area contributed by atoms with Gasteiger partial charge in [0.05, 0.1) is 30.1 Å². The highest BCUT2D eigenvalue weighted by atomic mass is 35.5. The molecule has 1 fully saturated rings. The number of rotatable bonds is 5. The Kier molecular flexibility index (Phi) is 4.91. The monoisotopic (exact) mass is 386 g/mol. The first kappa shape index (κ1) is 18.0. The Hall–Kier alpha value is -2.34. The van der Waals surface area contributed by atoms with Crippen molar-refractivity contribution >= 4 is 23.1 Å². The predicted molar refractivity (Wildman–Crippen MR) is 103 cm³/mol. The summed E-state index contributed by atoms with van der Waals surface area (Å²) >= 11 is 6.35. The van der Waals surface area contributed by atoms with Crippen LogP contribution in [0, 0.1) is 6.92 Å². The van der Waals surface area contributed by atoms with E-state index in [4.69, 9.17) is 21.4 Å². The van der Waals surface area contributed by atoms with Crippen LogP contribution in [-0.4, -0.2) is 32.0 Å². The fourth-order valence-electron chi connectivity index (χ4n) is 3.81. The number of hydrogen-bond donors (Lipinski definition) is 0. The molecule has 0 bridgehead atoms. The summed E-state index contributed by atoms with van der Waals surface area (Å²) in [4.78, 5) is 11.9. The first-order valence-corrected chi connectivity index (χ1v) is 9.82. The Balaban J connectivity index is 1.68. The van der Waals surface area contributed by atoms with Gasteiger partial charge in [0.25, 0.3) is 0 Å². The van der Waals surface area contributed by atoms with Gasteiger partial charge in [-0.2, -0.15) is 10.2 Å². The molecule has 142 valence electrons. The molecule has 0 radical (unpaired) electrons. The molecule has 0 aliphatic heterocycles. The van der Waals surface area contributed by atoms with Crippen molar-refractivity contribution in [3.63, 3.8) is 0 Å². The van der Waals surface area contributed by atoms with Crippen LogP contribution in [0.25, 0.3) is 5.52 Å². The van der Waals surface area contributed by atoms with E-state index in [-0.39, 0.29) is 0 Å². The number of nitrogens with zero attached hydrogens (tertiary/aromatic N) is 4. The maximum absolute atomic E-state index is 11.9. The summed E-state index contributed by atoms with van der Waals surface area (Å²) in [5.41, 5.74) is 4.27. The van der Waals surface area contributed by atoms with Gasteiger partial charge in [0.2, 0.25) is 0 Å². The van der Waals surface area contributed by atoms with Gasteiger partial charge in [-0.15, -0.1) is 0 Å².